The maximum atomic E-state index is 10.9. The average Bonchev–Trinajstić information content (AvgIpc) is 2.35. The minimum absolute atomic E-state index is 0.0368. The number of carboxylic acids is 1. The summed E-state index contributed by atoms with van der Waals surface area (Å²) < 4.78 is 1.50. The van der Waals surface area contributed by atoms with Crippen LogP contribution in [0.5, 0.6) is 0 Å². The molecule has 0 spiro atoms. The zero-order valence-electron chi connectivity index (χ0n) is 7.93. The van der Waals surface area contributed by atoms with Gasteiger partial charge < -0.3 is 5.11 Å². The summed E-state index contributed by atoms with van der Waals surface area (Å²) in [6.45, 7) is 3.73. The van der Waals surface area contributed by atoms with Gasteiger partial charge >= 0.3 is 5.97 Å². The molecule has 1 rings (SSSR count). The summed E-state index contributed by atoms with van der Waals surface area (Å²) in [5.74, 6) is -1.32. The summed E-state index contributed by atoms with van der Waals surface area (Å²) in [5, 5.41) is 16.3. The first kappa shape index (κ1) is 9.70. The highest BCUT2D eigenvalue weighted by Gasteiger charge is 2.26. The Morgan fingerprint density at radius 1 is 1.62 bits per heavy atom. The Bertz CT molecular complexity index is 306. The van der Waals surface area contributed by atoms with Crippen molar-refractivity contribution in [3.8, 4) is 0 Å². The molecule has 72 valence electrons. The lowest BCUT2D eigenvalue weighted by Crippen LogP contribution is -2.20. The maximum absolute atomic E-state index is 10.9. The zero-order valence-corrected chi connectivity index (χ0v) is 7.93. The minimum Gasteiger partial charge on any atom is -0.481 e. The molecule has 1 heterocycles. The van der Waals surface area contributed by atoms with Crippen molar-refractivity contribution in [2.75, 3.05) is 0 Å². The van der Waals surface area contributed by atoms with Crippen molar-refractivity contribution >= 4 is 5.97 Å². The molecule has 0 aliphatic rings. The summed E-state index contributed by atoms with van der Waals surface area (Å²) >= 11 is 0. The Morgan fingerprint density at radius 3 is 2.54 bits per heavy atom. The van der Waals surface area contributed by atoms with Gasteiger partial charge in [0.1, 0.15) is 5.92 Å². The lowest BCUT2D eigenvalue weighted by molar-refractivity contribution is -0.140. The Kier molecular flexibility index (Phi) is 2.65. The lowest BCUT2D eigenvalue weighted by Gasteiger charge is -2.15. The molecular weight excluding hydrogens is 170 g/mol. The van der Waals surface area contributed by atoms with Gasteiger partial charge in [-0.1, -0.05) is 19.1 Å². The van der Waals surface area contributed by atoms with Gasteiger partial charge in [0.25, 0.3) is 0 Å². The zero-order chi connectivity index (χ0) is 10.0. The van der Waals surface area contributed by atoms with E-state index in [1.54, 1.807) is 7.05 Å². The topological polar surface area (TPSA) is 68.0 Å². The van der Waals surface area contributed by atoms with Crippen molar-refractivity contribution in [1.29, 1.82) is 0 Å². The molecule has 5 nitrogen and oxygen atoms in total. The van der Waals surface area contributed by atoms with Gasteiger partial charge in [0.2, 0.25) is 0 Å². The van der Waals surface area contributed by atoms with Gasteiger partial charge in [0, 0.05) is 7.05 Å². The number of hydrogen-bond acceptors (Lipinski definition) is 3. The summed E-state index contributed by atoms with van der Waals surface area (Å²) in [6, 6.07) is 0. The van der Waals surface area contributed by atoms with E-state index in [2.05, 4.69) is 10.3 Å². The van der Waals surface area contributed by atoms with Gasteiger partial charge in [0.15, 0.2) is 0 Å². The van der Waals surface area contributed by atoms with Gasteiger partial charge in [-0.2, -0.15) is 0 Å². The molecule has 1 N–H and O–H groups in total. The Hall–Kier alpha value is -1.39. The molecule has 0 aromatic carbocycles. The standard InChI is InChI=1S/C8H13N3O2/c1-5(2)7(8(12)13)6-4-9-10-11(6)3/h4-5,7H,1-3H3,(H,12,13). The largest absolute Gasteiger partial charge is 0.481 e. The van der Waals surface area contributed by atoms with Crippen molar-refractivity contribution in [2.24, 2.45) is 13.0 Å². The van der Waals surface area contributed by atoms with Crippen molar-refractivity contribution in [3.05, 3.63) is 11.9 Å². The molecular formula is C8H13N3O2. The first-order valence-electron chi connectivity index (χ1n) is 4.11. The molecule has 0 radical (unpaired) electrons. The number of aliphatic carboxylic acids is 1. The fourth-order valence-electron chi connectivity index (χ4n) is 1.33. The van der Waals surface area contributed by atoms with E-state index in [0.29, 0.717) is 5.69 Å². The highest BCUT2D eigenvalue weighted by atomic mass is 16.4. The van der Waals surface area contributed by atoms with Crippen molar-refractivity contribution in [1.82, 2.24) is 15.0 Å². The Labute approximate surface area is 76.4 Å². The van der Waals surface area contributed by atoms with Crippen LogP contribution in [-0.4, -0.2) is 26.1 Å². The molecule has 1 aromatic heterocycles. The van der Waals surface area contributed by atoms with Crippen molar-refractivity contribution in [3.63, 3.8) is 0 Å². The highest BCUT2D eigenvalue weighted by molar-refractivity contribution is 5.75. The second-order valence-corrected chi connectivity index (χ2v) is 3.34. The van der Waals surface area contributed by atoms with Crippen LogP contribution in [-0.2, 0) is 11.8 Å². The monoisotopic (exact) mass is 183 g/mol. The molecule has 0 saturated carbocycles. The molecule has 0 aliphatic carbocycles. The average molecular weight is 183 g/mol. The maximum Gasteiger partial charge on any atom is 0.312 e. The van der Waals surface area contributed by atoms with Crippen LogP contribution < -0.4 is 0 Å². The van der Waals surface area contributed by atoms with E-state index in [9.17, 15) is 4.79 Å². The number of aryl methyl sites for hydroxylation is 1. The van der Waals surface area contributed by atoms with E-state index in [-0.39, 0.29) is 5.92 Å². The molecule has 1 unspecified atom stereocenters. The summed E-state index contributed by atoms with van der Waals surface area (Å²) in [4.78, 5) is 10.9. The minimum atomic E-state index is -0.833. The first-order valence-corrected chi connectivity index (χ1v) is 4.11. The van der Waals surface area contributed by atoms with E-state index in [1.807, 2.05) is 13.8 Å². The van der Waals surface area contributed by atoms with Crippen LogP contribution in [0.2, 0.25) is 0 Å². The van der Waals surface area contributed by atoms with Crippen LogP contribution >= 0.6 is 0 Å². The SMILES string of the molecule is CC(C)C(C(=O)O)c1cnnn1C. The first-order chi connectivity index (χ1) is 6.04. The second-order valence-electron chi connectivity index (χ2n) is 3.34. The smallest absolute Gasteiger partial charge is 0.312 e. The highest BCUT2D eigenvalue weighted by Crippen LogP contribution is 2.22. The molecule has 5 heteroatoms. The summed E-state index contributed by atoms with van der Waals surface area (Å²) in [6.07, 6.45) is 1.50. The molecule has 0 amide bonds. The third kappa shape index (κ3) is 1.85. The summed E-state index contributed by atoms with van der Waals surface area (Å²) in [7, 11) is 1.70. The molecule has 1 aromatic rings. The van der Waals surface area contributed by atoms with Crippen LogP contribution in [0.15, 0.2) is 6.20 Å². The number of carboxylic acid groups (broad SMARTS) is 1. The number of carbonyl (C=O) groups is 1. The van der Waals surface area contributed by atoms with Gasteiger partial charge in [0.05, 0.1) is 11.9 Å². The third-order valence-corrected chi connectivity index (χ3v) is 2.00. The van der Waals surface area contributed by atoms with Gasteiger partial charge in [-0.05, 0) is 5.92 Å². The third-order valence-electron chi connectivity index (χ3n) is 2.00. The molecule has 0 aliphatic heterocycles. The van der Waals surface area contributed by atoms with E-state index < -0.39 is 11.9 Å². The van der Waals surface area contributed by atoms with Gasteiger partial charge in [-0.25, -0.2) is 0 Å². The Morgan fingerprint density at radius 2 is 2.23 bits per heavy atom. The lowest BCUT2D eigenvalue weighted by atomic mass is 9.93. The molecule has 1 atom stereocenters. The molecule has 0 fully saturated rings. The van der Waals surface area contributed by atoms with Crippen molar-refractivity contribution in [2.45, 2.75) is 19.8 Å². The summed E-state index contributed by atoms with van der Waals surface area (Å²) in [5.41, 5.74) is 0.641. The molecule has 0 saturated heterocycles. The van der Waals surface area contributed by atoms with Crippen molar-refractivity contribution < 1.29 is 9.90 Å². The molecule has 0 bridgehead atoms. The Balaban J connectivity index is 3.02. The predicted molar refractivity (Wildman–Crippen MR) is 46.2 cm³/mol. The van der Waals surface area contributed by atoms with E-state index in [0.717, 1.165) is 0 Å². The predicted octanol–water partition coefficient (Wildman–Crippen LogP) is 0.639. The van der Waals surface area contributed by atoms with E-state index in [4.69, 9.17) is 5.11 Å². The van der Waals surface area contributed by atoms with E-state index >= 15 is 0 Å². The number of rotatable bonds is 3. The normalized spacial score (nSPS) is 13.2. The van der Waals surface area contributed by atoms with Crippen LogP contribution in [0.25, 0.3) is 0 Å². The van der Waals surface area contributed by atoms with Crippen LogP contribution in [0.3, 0.4) is 0 Å². The fourth-order valence-corrected chi connectivity index (χ4v) is 1.33. The van der Waals surface area contributed by atoms with Crippen LogP contribution in [0.1, 0.15) is 25.5 Å². The molecule has 13 heavy (non-hydrogen) atoms. The second kappa shape index (κ2) is 3.55. The fraction of sp³-hybridized carbons (Fsp3) is 0.625. The van der Waals surface area contributed by atoms with Crippen LogP contribution in [0.4, 0.5) is 0 Å². The van der Waals surface area contributed by atoms with E-state index in [1.165, 1.54) is 10.9 Å². The van der Waals surface area contributed by atoms with Gasteiger partial charge in [-0.3, -0.25) is 9.48 Å². The quantitative estimate of drug-likeness (QED) is 0.746. The number of aromatic nitrogens is 3. The number of nitrogens with zero attached hydrogens (tertiary/aromatic N) is 3. The van der Waals surface area contributed by atoms with Gasteiger partial charge in [-0.15, -0.1) is 5.10 Å². The van der Waals surface area contributed by atoms with Crippen LogP contribution in [0, 0.1) is 5.92 Å². The number of hydrogen-bond donors (Lipinski definition) is 1.